The molecule has 0 aromatic carbocycles. The van der Waals surface area contributed by atoms with Gasteiger partial charge in [0.15, 0.2) is 0 Å². The monoisotopic (exact) mass is 259 g/mol. The molecule has 1 aliphatic carbocycles. The standard InChI is InChI=1S/C14H29NO3/c1-11(2)16-6-7-18-14-9-13(10-14)8-12(3)17-5-4-15/h11-14H,4-10,15H2,1-3H3. The van der Waals surface area contributed by atoms with E-state index in [4.69, 9.17) is 19.9 Å². The predicted octanol–water partition coefficient (Wildman–Crippen LogP) is 1.96. The fourth-order valence-electron chi connectivity index (χ4n) is 2.31. The van der Waals surface area contributed by atoms with Crippen LogP contribution in [0.25, 0.3) is 0 Å². The van der Waals surface area contributed by atoms with Crippen LogP contribution in [-0.2, 0) is 14.2 Å². The van der Waals surface area contributed by atoms with Crippen molar-refractivity contribution in [3.05, 3.63) is 0 Å². The minimum Gasteiger partial charge on any atom is -0.377 e. The number of ether oxygens (including phenoxy) is 3. The summed E-state index contributed by atoms with van der Waals surface area (Å²) in [7, 11) is 0. The lowest BCUT2D eigenvalue weighted by Gasteiger charge is -2.36. The topological polar surface area (TPSA) is 53.7 Å². The summed E-state index contributed by atoms with van der Waals surface area (Å²) in [5, 5.41) is 0. The molecule has 1 rings (SSSR count). The van der Waals surface area contributed by atoms with Crippen LogP contribution in [0.4, 0.5) is 0 Å². The largest absolute Gasteiger partial charge is 0.377 e. The summed E-state index contributed by atoms with van der Waals surface area (Å²) >= 11 is 0. The van der Waals surface area contributed by atoms with Gasteiger partial charge in [0.2, 0.25) is 0 Å². The molecule has 0 spiro atoms. The Labute approximate surface area is 111 Å². The molecule has 0 amide bonds. The van der Waals surface area contributed by atoms with E-state index in [1.807, 2.05) is 13.8 Å². The Morgan fingerprint density at radius 1 is 1.06 bits per heavy atom. The van der Waals surface area contributed by atoms with Crippen LogP contribution in [0.2, 0.25) is 0 Å². The molecule has 4 heteroatoms. The molecule has 0 aromatic heterocycles. The van der Waals surface area contributed by atoms with E-state index in [-0.39, 0.29) is 0 Å². The third kappa shape index (κ3) is 6.69. The normalized spacial score (nSPS) is 25.2. The molecule has 18 heavy (non-hydrogen) atoms. The lowest BCUT2D eigenvalue weighted by Crippen LogP contribution is -2.34. The SMILES string of the molecule is CC(C)OCCOC1CC(CC(C)OCCN)C1. The van der Waals surface area contributed by atoms with Crippen molar-refractivity contribution in [1.29, 1.82) is 0 Å². The number of hydrogen-bond acceptors (Lipinski definition) is 4. The van der Waals surface area contributed by atoms with E-state index in [1.54, 1.807) is 0 Å². The number of nitrogens with two attached hydrogens (primary N) is 1. The lowest BCUT2D eigenvalue weighted by atomic mass is 9.79. The van der Waals surface area contributed by atoms with Crippen molar-refractivity contribution in [3.8, 4) is 0 Å². The molecule has 4 nitrogen and oxygen atoms in total. The van der Waals surface area contributed by atoms with E-state index in [1.165, 1.54) is 0 Å². The zero-order valence-electron chi connectivity index (χ0n) is 12.1. The second-order valence-electron chi connectivity index (χ2n) is 5.46. The van der Waals surface area contributed by atoms with Crippen molar-refractivity contribution in [2.24, 2.45) is 11.7 Å². The Morgan fingerprint density at radius 2 is 1.78 bits per heavy atom. The smallest absolute Gasteiger partial charge is 0.0704 e. The Hall–Kier alpha value is -0.160. The summed E-state index contributed by atoms with van der Waals surface area (Å²) < 4.78 is 16.7. The molecule has 108 valence electrons. The van der Waals surface area contributed by atoms with Gasteiger partial charge in [0.1, 0.15) is 0 Å². The Kier molecular flexibility index (Phi) is 7.82. The first-order valence-electron chi connectivity index (χ1n) is 7.16. The molecule has 1 atom stereocenters. The van der Waals surface area contributed by atoms with Crippen molar-refractivity contribution >= 4 is 0 Å². The van der Waals surface area contributed by atoms with E-state index in [9.17, 15) is 0 Å². The van der Waals surface area contributed by atoms with Crippen molar-refractivity contribution in [2.75, 3.05) is 26.4 Å². The van der Waals surface area contributed by atoms with Crippen molar-refractivity contribution in [1.82, 2.24) is 0 Å². The van der Waals surface area contributed by atoms with E-state index >= 15 is 0 Å². The highest BCUT2D eigenvalue weighted by molar-refractivity contribution is 4.81. The fraction of sp³-hybridized carbons (Fsp3) is 1.00. The van der Waals surface area contributed by atoms with Crippen LogP contribution in [0.3, 0.4) is 0 Å². The van der Waals surface area contributed by atoms with Gasteiger partial charge in [-0.1, -0.05) is 0 Å². The second-order valence-corrected chi connectivity index (χ2v) is 5.46. The third-order valence-electron chi connectivity index (χ3n) is 3.27. The van der Waals surface area contributed by atoms with Crippen LogP contribution < -0.4 is 5.73 Å². The van der Waals surface area contributed by atoms with E-state index < -0.39 is 0 Å². The molecule has 1 aliphatic rings. The van der Waals surface area contributed by atoms with E-state index in [2.05, 4.69) is 6.92 Å². The summed E-state index contributed by atoms with van der Waals surface area (Å²) in [5.74, 6) is 0.758. The fourth-order valence-corrected chi connectivity index (χ4v) is 2.31. The molecule has 0 bridgehead atoms. The first kappa shape index (κ1) is 15.9. The van der Waals surface area contributed by atoms with Gasteiger partial charge in [-0.15, -0.1) is 0 Å². The average Bonchev–Trinajstić information content (AvgIpc) is 2.27. The van der Waals surface area contributed by atoms with Gasteiger partial charge in [0, 0.05) is 6.54 Å². The van der Waals surface area contributed by atoms with E-state index in [0.717, 1.165) is 31.8 Å². The molecule has 0 heterocycles. The molecular formula is C14H29NO3. The maximum absolute atomic E-state index is 5.74. The second kappa shape index (κ2) is 8.86. The molecule has 0 aliphatic heterocycles. The molecule has 0 aromatic rings. The van der Waals surface area contributed by atoms with Crippen LogP contribution in [0.15, 0.2) is 0 Å². The van der Waals surface area contributed by atoms with Gasteiger partial charge in [0.05, 0.1) is 38.1 Å². The summed E-state index contributed by atoms with van der Waals surface area (Å²) in [5.41, 5.74) is 5.41. The molecule has 1 saturated carbocycles. The lowest BCUT2D eigenvalue weighted by molar-refractivity contribution is -0.0708. The molecule has 0 radical (unpaired) electrons. The van der Waals surface area contributed by atoms with Gasteiger partial charge in [-0.05, 0) is 46.0 Å². The van der Waals surface area contributed by atoms with Crippen LogP contribution >= 0.6 is 0 Å². The van der Waals surface area contributed by atoms with Crippen LogP contribution in [0.5, 0.6) is 0 Å². The zero-order chi connectivity index (χ0) is 13.4. The van der Waals surface area contributed by atoms with Gasteiger partial charge >= 0.3 is 0 Å². The van der Waals surface area contributed by atoms with Gasteiger partial charge in [-0.3, -0.25) is 0 Å². The minimum atomic E-state index is 0.295. The highest BCUT2D eigenvalue weighted by Crippen LogP contribution is 2.34. The molecule has 1 unspecified atom stereocenters. The zero-order valence-corrected chi connectivity index (χ0v) is 12.1. The van der Waals surface area contributed by atoms with E-state index in [0.29, 0.717) is 38.1 Å². The summed E-state index contributed by atoms with van der Waals surface area (Å²) in [6, 6.07) is 0. The molecule has 0 saturated heterocycles. The first-order valence-corrected chi connectivity index (χ1v) is 7.16. The van der Waals surface area contributed by atoms with Crippen molar-refractivity contribution in [3.63, 3.8) is 0 Å². The van der Waals surface area contributed by atoms with Crippen molar-refractivity contribution in [2.45, 2.75) is 58.3 Å². The number of hydrogen-bond donors (Lipinski definition) is 1. The van der Waals surface area contributed by atoms with Crippen LogP contribution in [-0.4, -0.2) is 44.7 Å². The van der Waals surface area contributed by atoms with Gasteiger partial charge < -0.3 is 19.9 Å². The first-order chi connectivity index (χ1) is 8.61. The summed E-state index contributed by atoms with van der Waals surface area (Å²) in [6.07, 6.45) is 4.51. The quantitative estimate of drug-likeness (QED) is 0.609. The average molecular weight is 259 g/mol. The van der Waals surface area contributed by atoms with Gasteiger partial charge in [0.25, 0.3) is 0 Å². The minimum absolute atomic E-state index is 0.295. The number of rotatable bonds is 10. The highest BCUT2D eigenvalue weighted by Gasteiger charge is 2.30. The van der Waals surface area contributed by atoms with Crippen LogP contribution in [0.1, 0.15) is 40.0 Å². The summed E-state index contributed by atoms with van der Waals surface area (Å²) in [6.45, 7) is 8.91. The Morgan fingerprint density at radius 3 is 2.39 bits per heavy atom. The van der Waals surface area contributed by atoms with Crippen molar-refractivity contribution < 1.29 is 14.2 Å². The van der Waals surface area contributed by atoms with Crippen LogP contribution in [0, 0.1) is 5.92 Å². The van der Waals surface area contributed by atoms with Gasteiger partial charge in [-0.25, -0.2) is 0 Å². The maximum Gasteiger partial charge on any atom is 0.0704 e. The third-order valence-corrected chi connectivity index (χ3v) is 3.27. The summed E-state index contributed by atoms with van der Waals surface area (Å²) in [4.78, 5) is 0. The predicted molar refractivity (Wildman–Crippen MR) is 72.6 cm³/mol. The molecular weight excluding hydrogens is 230 g/mol. The Bertz CT molecular complexity index is 205. The maximum atomic E-state index is 5.74. The molecule has 2 N–H and O–H groups in total. The molecule has 1 fully saturated rings. The van der Waals surface area contributed by atoms with Gasteiger partial charge in [-0.2, -0.15) is 0 Å². The highest BCUT2D eigenvalue weighted by atomic mass is 16.5. The Balaban J connectivity index is 1.92.